The summed E-state index contributed by atoms with van der Waals surface area (Å²) in [6.45, 7) is 0. The summed E-state index contributed by atoms with van der Waals surface area (Å²) < 4.78 is 57.5. The number of alkyl halides is 3. The number of thioether (sulfide) groups is 1. The molecule has 0 bridgehead atoms. The van der Waals surface area contributed by atoms with Gasteiger partial charge in [0, 0.05) is 23.3 Å². The molecule has 0 saturated heterocycles. The number of rotatable bonds is 5. The lowest BCUT2D eigenvalue weighted by molar-refractivity contribution is -0.0510. The molecule has 14 heteroatoms. The highest BCUT2D eigenvalue weighted by Gasteiger charge is 2.44. The molecule has 1 rings (SSSR count). The second-order valence-electron chi connectivity index (χ2n) is 3.56. The summed E-state index contributed by atoms with van der Waals surface area (Å²) in [6, 6.07) is 2.09. The minimum Gasteiger partial charge on any atom is -0.370 e. The van der Waals surface area contributed by atoms with E-state index in [0.717, 1.165) is 17.2 Å². The van der Waals surface area contributed by atoms with Gasteiger partial charge in [0.05, 0.1) is 11.8 Å². The third kappa shape index (κ3) is 9.94. The summed E-state index contributed by atoms with van der Waals surface area (Å²) in [5, 5.41) is 20.6. The quantitative estimate of drug-likeness (QED) is 0.195. The van der Waals surface area contributed by atoms with Gasteiger partial charge in [0.1, 0.15) is 0 Å². The SMILES string of the molecule is N#CCCSCc1csc(NC(=N)N)n1.O=S(=O)(O)C(F)(F)F. The maximum atomic E-state index is 10.7. The molecule has 0 fully saturated rings. The summed E-state index contributed by atoms with van der Waals surface area (Å²) in [7, 11) is -5.84. The maximum Gasteiger partial charge on any atom is 0.522 e. The molecule has 0 unspecified atom stereocenters. The van der Waals surface area contributed by atoms with Crippen molar-refractivity contribution in [2.24, 2.45) is 5.73 Å². The van der Waals surface area contributed by atoms with E-state index in [1.165, 1.54) is 11.3 Å². The van der Waals surface area contributed by atoms with Crippen LogP contribution in [0.2, 0.25) is 0 Å². The normalized spacial score (nSPS) is 11.1. The van der Waals surface area contributed by atoms with E-state index < -0.39 is 15.6 Å². The number of nitriles is 1. The van der Waals surface area contributed by atoms with Crippen molar-refractivity contribution < 1.29 is 26.1 Å². The van der Waals surface area contributed by atoms with E-state index >= 15 is 0 Å². The number of aromatic nitrogens is 1. The Morgan fingerprint density at radius 1 is 1.61 bits per heavy atom. The molecule has 5 N–H and O–H groups in total. The van der Waals surface area contributed by atoms with Crippen molar-refractivity contribution in [1.29, 1.82) is 10.7 Å². The molecule has 130 valence electrons. The second-order valence-corrected chi connectivity index (χ2v) is 6.94. The fraction of sp³-hybridized carbons (Fsp3) is 0.444. The number of anilines is 1. The lowest BCUT2D eigenvalue weighted by atomic mass is 10.6. The van der Waals surface area contributed by atoms with Crippen molar-refractivity contribution in [2.75, 3.05) is 11.1 Å². The molecule has 23 heavy (non-hydrogen) atoms. The van der Waals surface area contributed by atoms with Gasteiger partial charge in [0.2, 0.25) is 0 Å². The van der Waals surface area contributed by atoms with E-state index in [0.29, 0.717) is 11.6 Å². The van der Waals surface area contributed by atoms with Crippen LogP contribution in [0.15, 0.2) is 5.38 Å². The maximum absolute atomic E-state index is 10.7. The number of nitrogens with two attached hydrogens (primary N) is 1. The van der Waals surface area contributed by atoms with Gasteiger partial charge in [-0.2, -0.15) is 38.6 Å². The summed E-state index contributed by atoms with van der Waals surface area (Å²) in [6.07, 6.45) is 0.563. The van der Waals surface area contributed by atoms with Crippen LogP contribution in [-0.2, 0) is 15.9 Å². The molecule has 1 aromatic rings. The van der Waals surface area contributed by atoms with Crippen molar-refractivity contribution in [3.8, 4) is 6.07 Å². The molecule has 0 aromatic carbocycles. The van der Waals surface area contributed by atoms with Crippen LogP contribution >= 0.6 is 23.1 Å². The molecule has 0 aliphatic rings. The van der Waals surface area contributed by atoms with Gasteiger partial charge in [-0.1, -0.05) is 0 Å². The van der Waals surface area contributed by atoms with Crippen LogP contribution in [0.25, 0.3) is 0 Å². The zero-order chi connectivity index (χ0) is 18.1. The standard InChI is InChI=1S/C8H11N5S2.CHF3O3S/c9-2-1-3-14-4-6-5-15-8(12-6)13-7(10)11;2-1(3,4)8(5,6)7/h5H,1,3-4H2,(H4,10,11,12,13);(H,5,6,7). The minimum absolute atomic E-state index is 0.104. The van der Waals surface area contributed by atoms with Crippen LogP contribution < -0.4 is 11.1 Å². The lowest BCUT2D eigenvalue weighted by Gasteiger charge is -1.97. The van der Waals surface area contributed by atoms with Gasteiger partial charge >= 0.3 is 15.6 Å². The fourth-order valence-electron chi connectivity index (χ4n) is 0.840. The first-order valence-electron chi connectivity index (χ1n) is 5.51. The first-order valence-corrected chi connectivity index (χ1v) is 8.98. The Labute approximate surface area is 138 Å². The van der Waals surface area contributed by atoms with Crippen LogP contribution in [-0.4, -0.2) is 35.2 Å². The lowest BCUT2D eigenvalue weighted by Crippen LogP contribution is -2.21. The Hall–Kier alpha value is -1.56. The summed E-state index contributed by atoms with van der Waals surface area (Å²) in [4.78, 5) is 4.23. The van der Waals surface area contributed by atoms with Crippen LogP contribution in [0.1, 0.15) is 12.1 Å². The van der Waals surface area contributed by atoms with Gasteiger partial charge in [-0.25, -0.2) is 4.98 Å². The van der Waals surface area contributed by atoms with E-state index in [1.54, 1.807) is 11.8 Å². The van der Waals surface area contributed by atoms with Gasteiger partial charge in [-0.3, -0.25) is 9.96 Å². The van der Waals surface area contributed by atoms with Crippen molar-refractivity contribution in [3.63, 3.8) is 0 Å². The Morgan fingerprint density at radius 3 is 2.61 bits per heavy atom. The number of nitrogens with one attached hydrogen (secondary N) is 2. The number of nitrogens with zero attached hydrogens (tertiary/aromatic N) is 2. The first-order chi connectivity index (χ1) is 10.5. The molecule has 0 radical (unpaired) electrons. The number of halogens is 3. The molecule has 0 spiro atoms. The Balaban J connectivity index is 0.000000515. The first kappa shape index (κ1) is 21.4. The van der Waals surface area contributed by atoms with Crippen LogP contribution in [0, 0.1) is 16.7 Å². The summed E-state index contributed by atoms with van der Waals surface area (Å²) in [5.41, 5.74) is 0.587. The zero-order valence-corrected chi connectivity index (χ0v) is 13.7. The average Bonchev–Trinajstić information content (AvgIpc) is 2.80. The molecule has 0 saturated carbocycles. The highest BCUT2D eigenvalue weighted by Crippen LogP contribution is 2.20. The number of thiazole rings is 1. The van der Waals surface area contributed by atoms with Crippen LogP contribution in [0.5, 0.6) is 0 Å². The smallest absolute Gasteiger partial charge is 0.370 e. The molecular formula is C9H12F3N5O3S3. The van der Waals surface area contributed by atoms with Crippen molar-refractivity contribution in [1.82, 2.24) is 4.98 Å². The Bertz CT molecular complexity index is 653. The summed E-state index contributed by atoms with van der Waals surface area (Å²) in [5.74, 6) is 1.51. The fourth-order valence-corrected chi connectivity index (χ4v) is 2.41. The minimum atomic E-state index is -5.84. The van der Waals surface area contributed by atoms with E-state index in [-0.39, 0.29) is 5.96 Å². The zero-order valence-electron chi connectivity index (χ0n) is 11.3. The Kier molecular flexibility index (Phi) is 8.90. The van der Waals surface area contributed by atoms with Gasteiger partial charge < -0.3 is 11.1 Å². The highest BCUT2D eigenvalue weighted by molar-refractivity contribution is 7.98. The molecule has 1 heterocycles. The largest absolute Gasteiger partial charge is 0.522 e. The predicted molar refractivity (Wildman–Crippen MR) is 81.6 cm³/mol. The van der Waals surface area contributed by atoms with Crippen molar-refractivity contribution in [3.05, 3.63) is 11.1 Å². The summed E-state index contributed by atoms with van der Waals surface area (Å²) >= 11 is 3.09. The number of guanidine groups is 1. The molecule has 0 atom stereocenters. The van der Waals surface area contributed by atoms with Crippen LogP contribution in [0.3, 0.4) is 0 Å². The van der Waals surface area contributed by atoms with E-state index in [4.69, 9.17) is 29.4 Å². The monoisotopic (exact) mass is 391 g/mol. The third-order valence-electron chi connectivity index (χ3n) is 1.69. The van der Waals surface area contributed by atoms with E-state index in [1.807, 2.05) is 5.38 Å². The van der Waals surface area contributed by atoms with Gasteiger partial charge in [0.25, 0.3) is 0 Å². The van der Waals surface area contributed by atoms with Gasteiger partial charge in [0.15, 0.2) is 11.1 Å². The van der Waals surface area contributed by atoms with E-state index in [9.17, 15) is 13.2 Å². The third-order valence-corrected chi connectivity index (χ3v) is 4.08. The molecule has 1 aromatic heterocycles. The average molecular weight is 391 g/mol. The molecule has 8 nitrogen and oxygen atoms in total. The van der Waals surface area contributed by atoms with Crippen molar-refractivity contribution >= 4 is 44.3 Å². The number of hydrogen-bond donors (Lipinski definition) is 4. The van der Waals surface area contributed by atoms with Crippen molar-refractivity contribution in [2.45, 2.75) is 17.7 Å². The molecular weight excluding hydrogens is 379 g/mol. The predicted octanol–water partition coefficient (Wildman–Crippen LogP) is 1.99. The van der Waals surface area contributed by atoms with Gasteiger partial charge in [-0.15, -0.1) is 11.3 Å². The van der Waals surface area contributed by atoms with Crippen LogP contribution in [0.4, 0.5) is 18.3 Å². The topological polar surface area (TPSA) is 153 Å². The number of hydrogen-bond acceptors (Lipinski definition) is 7. The second kappa shape index (κ2) is 9.55. The Morgan fingerprint density at radius 2 is 2.17 bits per heavy atom. The molecule has 0 amide bonds. The van der Waals surface area contributed by atoms with Gasteiger partial charge in [-0.05, 0) is 0 Å². The molecule has 0 aliphatic carbocycles. The highest BCUT2D eigenvalue weighted by atomic mass is 32.2. The van der Waals surface area contributed by atoms with E-state index in [2.05, 4.69) is 16.4 Å². The molecule has 0 aliphatic heterocycles.